The van der Waals surface area contributed by atoms with Crippen LogP contribution in [0.15, 0.2) is 54.6 Å². The first-order valence-corrected chi connectivity index (χ1v) is 4.98. The smallest absolute Gasteiger partial charge is 0.290 e. The number of hydrogen-bond donors (Lipinski definition) is 1. The van der Waals surface area contributed by atoms with E-state index in [0.29, 0.717) is 0 Å². The summed E-state index contributed by atoms with van der Waals surface area (Å²) in [5.74, 6) is 0. The fourth-order valence-corrected chi connectivity index (χ4v) is 1.90. The third kappa shape index (κ3) is 5.11. The molecule has 0 unspecified atom stereocenters. The van der Waals surface area contributed by atoms with Gasteiger partial charge in [-0.3, -0.25) is 4.79 Å². The third-order valence-electron chi connectivity index (χ3n) is 2.52. The minimum absolute atomic E-state index is 0. The van der Waals surface area contributed by atoms with Crippen LogP contribution in [0.2, 0.25) is 0 Å². The van der Waals surface area contributed by atoms with Crippen LogP contribution in [-0.4, -0.2) is 11.6 Å². The molecule has 0 aliphatic heterocycles. The van der Waals surface area contributed by atoms with Crippen molar-refractivity contribution in [2.75, 3.05) is 0 Å². The fourth-order valence-electron chi connectivity index (χ4n) is 1.90. The van der Waals surface area contributed by atoms with Gasteiger partial charge in [-0.05, 0) is 0 Å². The zero-order valence-corrected chi connectivity index (χ0v) is 16.5. The molecule has 0 amide bonds. The Bertz CT molecular complexity index is 567. The van der Waals surface area contributed by atoms with Crippen LogP contribution in [0.3, 0.4) is 0 Å². The van der Waals surface area contributed by atoms with Crippen molar-refractivity contribution in [2.45, 2.75) is 0 Å². The molecule has 0 aliphatic rings. The summed E-state index contributed by atoms with van der Waals surface area (Å²) in [7, 11) is 0. The van der Waals surface area contributed by atoms with Crippen LogP contribution < -0.4 is 0 Å². The van der Waals surface area contributed by atoms with Crippen molar-refractivity contribution in [2.24, 2.45) is 0 Å². The molecule has 0 spiro atoms. The maximum absolute atomic E-state index is 8.36. The van der Waals surface area contributed by atoms with E-state index in [1.54, 1.807) is 0 Å². The van der Waals surface area contributed by atoms with Crippen LogP contribution in [0.25, 0.3) is 21.5 Å². The molecular weight excluding hydrogens is 390 g/mol. The summed E-state index contributed by atoms with van der Waals surface area (Å²) in [4.78, 5) is 8.36. The molecule has 3 aromatic carbocycles. The van der Waals surface area contributed by atoms with Gasteiger partial charge >= 0.3 is 0 Å². The minimum Gasteiger partial charge on any atom is -0.483 e. The Labute approximate surface area is 163 Å². The van der Waals surface area contributed by atoms with E-state index in [2.05, 4.69) is 54.6 Å². The molecular formula is C15H14O2Y2-2. The fraction of sp³-hybridized carbons (Fsp3) is 0. The van der Waals surface area contributed by atoms with Gasteiger partial charge < -0.3 is 12.5 Å². The molecule has 2 nitrogen and oxygen atoms in total. The quantitative estimate of drug-likeness (QED) is 0.457. The summed E-state index contributed by atoms with van der Waals surface area (Å²) < 4.78 is 0. The topological polar surface area (TPSA) is 37.3 Å². The van der Waals surface area contributed by atoms with Gasteiger partial charge in [0.1, 0.15) is 0 Å². The Hall–Kier alpha value is -0.0122. The molecule has 0 atom stereocenters. The van der Waals surface area contributed by atoms with Crippen LogP contribution >= 0.6 is 0 Å². The molecule has 0 aliphatic carbocycles. The maximum Gasteiger partial charge on any atom is 0.290 e. The number of rotatable bonds is 0. The second-order valence-corrected chi connectivity index (χ2v) is 3.42. The van der Waals surface area contributed by atoms with Crippen molar-refractivity contribution < 1.29 is 75.3 Å². The van der Waals surface area contributed by atoms with Gasteiger partial charge in [-0.25, -0.2) is 0 Å². The Morgan fingerprint density at radius 1 is 0.842 bits per heavy atom. The average molecular weight is 404 g/mol. The molecule has 94 valence electrons. The van der Waals surface area contributed by atoms with E-state index >= 15 is 0 Å². The zero-order valence-electron chi connectivity index (χ0n) is 10.8. The van der Waals surface area contributed by atoms with E-state index < -0.39 is 0 Å². The van der Waals surface area contributed by atoms with Crippen molar-refractivity contribution in [1.82, 2.24) is 0 Å². The molecule has 0 bridgehead atoms. The predicted molar refractivity (Wildman–Crippen MR) is 72.2 cm³/mol. The van der Waals surface area contributed by atoms with Crippen molar-refractivity contribution in [3.05, 3.63) is 62.0 Å². The largest absolute Gasteiger partial charge is 0.483 e. The van der Waals surface area contributed by atoms with Gasteiger partial charge in [-0.15, -0.1) is 39.7 Å². The molecule has 4 heteroatoms. The maximum atomic E-state index is 8.36. The SMILES string of the molecule is O=CO.[CH3-].[Y].[Y].c1ccc2c(c1)[cH-]c1ccccc12. The van der Waals surface area contributed by atoms with Gasteiger partial charge in [-0.2, -0.15) is 0 Å². The summed E-state index contributed by atoms with van der Waals surface area (Å²) in [5.41, 5.74) is 0. The second-order valence-electron chi connectivity index (χ2n) is 3.42. The van der Waals surface area contributed by atoms with Crippen LogP contribution in [0.4, 0.5) is 0 Å². The number of carboxylic acid groups (broad SMARTS) is 1. The zero-order chi connectivity index (χ0) is 11.4. The summed E-state index contributed by atoms with van der Waals surface area (Å²) in [5, 5.41) is 12.3. The van der Waals surface area contributed by atoms with Gasteiger partial charge in [0, 0.05) is 65.4 Å². The predicted octanol–water partition coefficient (Wildman–Crippen LogP) is 3.86. The summed E-state index contributed by atoms with van der Waals surface area (Å²) in [6.45, 7) is -0.250. The van der Waals surface area contributed by atoms with Gasteiger partial charge in [0.05, 0.1) is 0 Å². The summed E-state index contributed by atoms with van der Waals surface area (Å²) in [6.07, 6.45) is 0. The molecule has 3 rings (SSSR count). The van der Waals surface area contributed by atoms with E-state index in [1.807, 2.05) is 0 Å². The number of benzene rings is 2. The molecule has 0 heterocycles. The first-order valence-electron chi connectivity index (χ1n) is 4.98. The monoisotopic (exact) mass is 404 g/mol. The van der Waals surface area contributed by atoms with Gasteiger partial charge in [0.25, 0.3) is 6.47 Å². The van der Waals surface area contributed by atoms with Crippen molar-refractivity contribution in [3.8, 4) is 0 Å². The molecule has 19 heavy (non-hydrogen) atoms. The van der Waals surface area contributed by atoms with Gasteiger partial charge in [0.15, 0.2) is 0 Å². The van der Waals surface area contributed by atoms with Crippen LogP contribution in [0.5, 0.6) is 0 Å². The van der Waals surface area contributed by atoms with E-state index in [4.69, 9.17) is 9.90 Å². The first-order chi connectivity index (χ1) is 7.86. The molecule has 3 aromatic rings. The Morgan fingerprint density at radius 2 is 1.16 bits per heavy atom. The van der Waals surface area contributed by atoms with E-state index in [1.165, 1.54) is 21.5 Å². The van der Waals surface area contributed by atoms with Crippen molar-refractivity contribution >= 4 is 28.0 Å². The summed E-state index contributed by atoms with van der Waals surface area (Å²) in [6, 6.07) is 19.3. The Kier molecular flexibility index (Phi) is 12.0. The minimum atomic E-state index is -0.250. The van der Waals surface area contributed by atoms with Crippen molar-refractivity contribution in [1.29, 1.82) is 0 Å². The number of hydrogen-bond acceptors (Lipinski definition) is 1. The molecule has 1 N–H and O–H groups in total. The van der Waals surface area contributed by atoms with Gasteiger partial charge in [-0.1, -0.05) is 36.4 Å². The third-order valence-corrected chi connectivity index (χ3v) is 2.52. The number of fused-ring (bicyclic) bond motifs is 3. The van der Waals surface area contributed by atoms with Crippen molar-refractivity contribution in [3.63, 3.8) is 0 Å². The van der Waals surface area contributed by atoms with Crippen LogP contribution in [0.1, 0.15) is 0 Å². The Balaban J connectivity index is 0. The average Bonchev–Trinajstić information content (AvgIpc) is 2.68. The molecule has 0 fully saturated rings. The first kappa shape index (κ1) is 21.3. The standard InChI is InChI=1S/C13H9.CH2O2.CH3.2Y/c1-3-7-12-10(5-1)9-11-6-2-4-8-13(11)12;2-1-3;;;/h1-9H;1H,(H,2,3);1H3;;/q-1;;-1;;. The molecule has 0 saturated heterocycles. The Morgan fingerprint density at radius 3 is 1.53 bits per heavy atom. The van der Waals surface area contributed by atoms with E-state index in [9.17, 15) is 0 Å². The van der Waals surface area contributed by atoms with Crippen LogP contribution in [0, 0.1) is 7.43 Å². The molecule has 0 aromatic heterocycles. The van der Waals surface area contributed by atoms with Gasteiger partial charge in [0.2, 0.25) is 0 Å². The van der Waals surface area contributed by atoms with Crippen LogP contribution in [-0.2, 0) is 70.2 Å². The normalized spacial score (nSPS) is 8.21. The second kappa shape index (κ2) is 10.7. The number of carbonyl (C=O) groups is 1. The summed E-state index contributed by atoms with van der Waals surface area (Å²) >= 11 is 0. The molecule has 2 radical (unpaired) electrons. The molecule has 0 saturated carbocycles. The van der Waals surface area contributed by atoms with E-state index in [0.717, 1.165) is 0 Å². The van der Waals surface area contributed by atoms with E-state index in [-0.39, 0.29) is 79.3 Å².